The number of carbonyl (C=O) groups is 1. The summed E-state index contributed by atoms with van der Waals surface area (Å²) in [6.07, 6.45) is 1.02. The second-order valence-corrected chi connectivity index (χ2v) is 4.84. The van der Waals surface area contributed by atoms with Gasteiger partial charge in [-0.3, -0.25) is 4.79 Å². The van der Waals surface area contributed by atoms with Crippen LogP contribution in [-0.4, -0.2) is 18.2 Å². The van der Waals surface area contributed by atoms with Crippen molar-refractivity contribution in [1.29, 1.82) is 0 Å². The van der Waals surface area contributed by atoms with Crippen molar-refractivity contribution in [2.75, 3.05) is 7.11 Å². The molecule has 0 bridgehead atoms. The summed E-state index contributed by atoms with van der Waals surface area (Å²) >= 11 is 0. The Hall–Kier alpha value is -1.51. The summed E-state index contributed by atoms with van der Waals surface area (Å²) in [6, 6.07) is 5.60. The Morgan fingerprint density at radius 1 is 1.41 bits per heavy atom. The number of rotatable bonds is 5. The Morgan fingerprint density at radius 3 is 2.53 bits per heavy atom. The minimum absolute atomic E-state index is 0.0140. The average molecular weight is 236 g/mol. The van der Waals surface area contributed by atoms with Gasteiger partial charge in [-0.2, -0.15) is 0 Å². The van der Waals surface area contributed by atoms with Crippen LogP contribution in [0.3, 0.4) is 0 Å². The van der Waals surface area contributed by atoms with E-state index in [1.54, 1.807) is 7.11 Å². The van der Waals surface area contributed by atoms with E-state index in [4.69, 9.17) is 9.84 Å². The van der Waals surface area contributed by atoms with Gasteiger partial charge in [-0.1, -0.05) is 32.9 Å². The third-order valence-electron chi connectivity index (χ3n) is 3.23. The first-order valence-electron chi connectivity index (χ1n) is 5.80. The maximum absolute atomic E-state index is 10.7. The minimum atomic E-state index is -0.810. The van der Waals surface area contributed by atoms with Crippen molar-refractivity contribution < 1.29 is 14.6 Å². The van der Waals surface area contributed by atoms with Gasteiger partial charge in [-0.05, 0) is 23.5 Å². The summed E-state index contributed by atoms with van der Waals surface area (Å²) in [5.74, 6) is 0.0152. The first kappa shape index (κ1) is 13.6. The van der Waals surface area contributed by atoms with Gasteiger partial charge in [0.15, 0.2) is 0 Å². The molecular formula is C14H20O3. The first-order valence-corrected chi connectivity index (χ1v) is 5.80. The van der Waals surface area contributed by atoms with Gasteiger partial charge in [-0.15, -0.1) is 0 Å². The standard InChI is InChI=1S/C14H20O3/c1-5-14(2,3)11-8-10(9-13(15)16)6-7-12(11)17-4/h6-8H,5,9H2,1-4H3,(H,15,16). The van der Waals surface area contributed by atoms with Gasteiger partial charge < -0.3 is 9.84 Å². The number of benzene rings is 1. The zero-order valence-corrected chi connectivity index (χ0v) is 10.9. The molecule has 0 aliphatic carbocycles. The van der Waals surface area contributed by atoms with Crippen LogP contribution < -0.4 is 4.74 Å². The van der Waals surface area contributed by atoms with Crippen molar-refractivity contribution in [3.05, 3.63) is 29.3 Å². The summed E-state index contributed by atoms with van der Waals surface area (Å²) < 4.78 is 5.35. The largest absolute Gasteiger partial charge is 0.496 e. The fourth-order valence-corrected chi connectivity index (χ4v) is 1.76. The maximum atomic E-state index is 10.7. The highest BCUT2D eigenvalue weighted by molar-refractivity contribution is 5.70. The number of aliphatic carboxylic acids is 1. The van der Waals surface area contributed by atoms with E-state index in [0.717, 1.165) is 23.3 Å². The quantitative estimate of drug-likeness (QED) is 0.854. The Morgan fingerprint density at radius 2 is 2.06 bits per heavy atom. The molecule has 3 nitrogen and oxygen atoms in total. The predicted molar refractivity (Wildman–Crippen MR) is 67.7 cm³/mol. The normalized spacial score (nSPS) is 11.3. The van der Waals surface area contributed by atoms with Crippen LogP contribution in [0.2, 0.25) is 0 Å². The van der Waals surface area contributed by atoms with Crippen LogP contribution >= 0.6 is 0 Å². The molecule has 17 heavy (non-hydrogen) atoms. The smallest absolute Gasteiger partial charge is 0.307 e. The van der Waals surface area contributed by atoms with Gasteiger partial charge in [0.05, 0.1) is 13.5 Å². The average Bonchev–Trinajstić information content (AvgIpc) is 2.28. The van der Waals surface area contributed by atoms with E-state index < -0.39 is 5.97 Å². The summed E-state index contributed by atoms with van der Waals surface area (Å²) in [4.78, 5) is 10.7. The highest BCUT2D eigenvalue weighted by Crippen LogP contribution is 2.34. The number of methoxy groups -OCH3 is 1. The Labute approximate surface area is 102 Å². The van der Waals surface area contributed by atoms with Crippen LogP contribution in [0.1, 0.15) is 38.3 Å². The molecule has 0 aliphatic heterocycles. The lowest BCUT2D eigenvalue weighted by Crippen LogP contribution is -2.17. The molecular weight excluding hydrogens is 216 g/mol. The molecule has 0 unspecified atom stereocenters. The molecule has 0 saturated carbocycles. The SMILES string of the molecule is CCC(C)(C)c1cc(CC(=O)O)ccc1OC. The zero-order valence-electron chi connectivity index (χ0n) is 10.9. The van der Waals surface area contributed by atoms with E-state index >= 15 is 0 Å². The molecule has 0 heterocycles. The van der Waals surface area contributed by atoms with Crippen molar-refractivity contribution >= 4 is 5.97 Å². The van der Waals surface area contributed by atoms with E-state index in [1.807, 2.05) is 18.2 Å². The van der Waals surface area contributed by atoms with Crippen molar-refractivity contribution in [2.45, 2.75) is 39.0 Å². The number of ether oxygens (including phenoxy) is 1. The predicted octanol–water partition coefficient (Wildman–Crippen LogP) is 3.01. The van der Waals surface area contributed by atoms with E-state index in [-0.39, 0.29) is 11.8 Å². The summed E-state index contributed by atoms with van der Waals surface area (Å²) in [6.45, 7) is 6.38. The van der Waals surface area contributed by atoms with Gasteiger partial charge in [0, 0.05) is 5.56 Å². The molecule has 0 spiro atoms. The van der Waals surface area contributed by atoms with Crippen molar-refractivity contribution in [2.24, 2.45) is 0 Å². The molecule has 94 valence electrons. The summed E-state index contributed by atoms with van der Waals surface area (Å²) in [5.41, 5.74) is 1.87. The van der Waals surface area contributed by atoms with Gasteiger partial charge in [0.2, 0.25) is 0 Å². The van der Waals surface area contributed by atoms with Gasteiger partial charge in [-0.25, -0.2) is 0 Å². The third kappa shape index (κ3) is 3.22. The Balaban J connectivity index is 3.19. The van der Waals surface area contributed by atoms with Crippen molar-refractivity contribution in [3.63, 3.8) is 0 Å². The molecule has 0 aliphatic rings. The maximum Gasteiger partial charge on any atom is 0.307 e. The Kier molecular flexibility index (Phi) is 4.16. The molecule has 0 fully saturated rings. The van der Waals surface area contributed by atoms with Crippen LogP contribution in [0, 0.1) is 0 Å². The number of hydrogen-bond donors (Lipinski definition) is 1. The molecule has 1 aromatic carbocycles. The highest BCUT2D eigenvalue weighted by Gasteiger charge is 2.22. The second-order valence-electron chi connectivity index (χ2n) is 4.84. The second kappa shape index (κ2) is 5.21. The van der Waals surface area contributed by atoms with Crippen molar-refractivity contribution in [3.8, 4) is 5.75 Å². The van der Waals surface area contributed by atoms with Crippen molar-refractivity contribution in [1.82, 2.24) is 0 Å². The highest BCUT2D eigenvalue weighted by atomic mass is 16.5. The van der Waals surface area contributed by atoms with Crippen LogP contribution in [0.25, 0.3) is 0 Å². The van der Waals surface area contributed by atoms with Crippen LogP contribution in [0.15, 0.2) is 18.2 Å². The molecule has 1 rings (SSSR count). The monoisotopic (exact) mass is 236 g/mol. The van der Waals surface area contributed by atoms with E-state index in [9.17, 15) is 4.79 Å². The van der Waals surface area contributed by atoms with Gasteiger partial charge >= 0.3 is 5.97 Å². The number of carboxylic acids is 1. The van der Waals surface area contributed by atoms with E-state index in [1.165, 1.54) is 0 Å². The topological polar surface area (TPSA) is 46.5 Å². The van der Waals surface area contributed by atoms with Crippen LogP contribution in [-0.2, 0) is 16.6 Å². The van der Waals surface area contributed by atoms with E-state index in [0.29, 0.717) is 0 Å². The number of carboxylic acid groups (broad SMARTS) is 1. The van der Waals surface area contributed by atoms with Gasteiger partial charge in [0.25, 0.3) is 0 Å². The molecule has 0 saturated heterocycles. The lowest BCUT2D eigenvalue weighted by molar-refractivity contribution is -0.136. The summed E-state index contributed by atoms with van der Waals surface area (Å²) in [5, 5.41) is 8.81. The number of hydrogen-bond acceptors (Lipinski definition) is 2. The third-order valence-corrected chi connectivity index (χ3v) is 3.23. The first-order chi connectivity index (χ1) is 7.90. The molecule has 0 aromatic heterocycles. The molecule has 3 heteroatoms. The lowest BCUT2D eigenvalue weighted by atomic mass is 9.81. The minimum Gasteiger partial charge on any atom is -0.496 e. The van der Waals surface area contributed by atoms with Gasteiger partial charge in [0.1, 0.15) is 5.75 Å². The Bertz CT molecular complexity index is 408. The van der Waals surface area contributed by atoms with Crippen LogP contribution in [0.5, 0.6) is 5.75 Å². The molecule has 1 N–H and O–H groups in total. The van der Waals surface area contributed by atoms with Crippen LogP contribution in [0.4, 0.5) is 0 Å². The zero-order chi connectivity index (χ0) is 13.1. The molecule has 0 radical (unpaired) electrons. The molecule has 0 atom stereocenters. The summed E-state index contributed by atoms with van der Waals surface area (Å²) in [7, 11) is 1.64. The molecule has 0 amide bonds. The lowest BCUT2D eigenvalue weighted by Gasteiger charge is -2.26. The fraction of sp³-hybridized carbons (Fsp3) is 0.500. The van der Waals surface area contributed by atoms with E-state index in [2.05, 4.69) is 20.8 Å². The fourth-order valence-electron chi connectivity index (χ4n) is 1.76. The molecule has 1 aromatic rings.